The van der Waals surface area contributed by atoms with E-state index in [0.29, 0.717) is 5.69 Å². The highest BCUT2D eigenvalue weighted by Crippen LogP contribution is 2.22. The first kappa shape index (κ1) is 18.8. The monoisotopic (exact) mass is 390 g/mol. The number of piperidine rings is 1. The van der Waals surface area contributed by atoms with Gasteiger partial charge in [-0.2, -0.15) is 5.10 Å². The number of benzene rings is 1. The normalized spacial score (nSPS) is 13.9. The molecular weight excluding hydrogens is 368 g/mol. The minimum Gasteiger partial charge on any atom is -0.355 e. The SMILES string of the molecule is Cn1nc(C(=O)Nc2ccc(-c3ccc(N4CCCCC4)nn3)cc2)ccc1=O. The van der Waals surface area contributed by atoms with Gasteiger partial charge in [-0.05, 0) is 49.6 Å². The molecule has 1 aliphatic rings. The topological polar surface area (TPSA) is 93.0 Å². The molecule has 0 bridgehead atoms. The molecule has 3 aromatic rings. The molecule has 148 valence electrons. The molecule has 0 radical (unpaired) electrons. The number of rotatable bonds is 4. The van der Waals surface area contributed by atoms with Crippen molar-refractivity contribution in [3.63, 3.8) is 0 Å². The van der Waals surface area contributed by atoms with Gasteiger partial charge in [0.25, 0.3) is 11.5 Å². The van der Waals surface area contributed by atoms with Gasteiger partial charge in [-0.3, -0.25) is 9.59 Å². The Balaban J connectivity index is 1.44. The highest BCUT2D eigenvalue weighted by Gasteiger charge is 2.13. The minimum absolute atomic E-state index is 0.176. The molecule has 1 amide bonds. The molecule has 8 nitrogen and oxygen atoms in total. The summed E-state index contributed by atoms with van der Waals surface area (Å²) in [7, 11) is 1.51. The average Bonchev–Trinajstić information content (AvgIpc) is 2.77. The predicted octanol–water partition coefficient (Wildman–Crippen LogP) is 2.48. The summed E-state index contributed by atoms with van der Waals surface area (Å²) in [6, 6.07) is 14.1. The maximum atomic E-state index is 12.3. The van der Waals surface area contributed by atoms with E-state index in [1.807, 2.05) is 24.3 Å². The van der Waals surface area contributed by atoms with Crippen molar-refractivity contribution in [2.75, 3.05) is 23.3 Å². The summed E-state index contributed by atoms with van der Waals surface area (Å²) in [5, 5.41) is 15.5. The number of nitrogens with zero attached hydrogens (tertiary/aromatic N) is 5. The third-order valence-electron chi connectivity index (χ3n) is 4.96. The molecule has 1 aliphatic heterocycles. The van der Waals surface area contributed by atoms with Crippen molar-refractivity contribution in [3.05, 3.63) is 64.6 Å². The summed E-state index contributed by atoms with van der Waals surface area (Å²) in [5.41, 5.74) is 2.24. The second-order valence-electron chi connectivity index (χ2n) is 7.04. The van der Waals surface area contributed by atoms with E-state index in [1.165, 1.54) is 38.4 Å². The fraction of sp³-hybridized carbons (Fsp3) is 0.286. The van der Waals surface area contributed by atoms with Crippen LogP contribution in [-0.4, -0.2) is 39.0 Å². The van der Waals surface area contributed by atoms with Crippen LogP contribution >= 0.6 is 0 Å². The van der Waals surface area contributed by atoms with Gasteiger partial charge in [0.15, 0.2) is 5.82 Å². The predicted molar refractivity (Wildman–Crippen MR) is 111 cm³/mol. The number of hydrogen-bond donors (Lipinski definition) is 1. The molecule has 1 aromatic carbocycles. The smallest absolute Gasteiger partial charge is 0.276 e. The molecule has 1 N–H and O–H groups in total. The van der Waals surface area contributed by atoms with E-state index >= 15 is 0 Å². The van der Waals surface area contributed by atoms with Crippen molar-refractivity contribution in [2.45, 2.75) is 19.3 Å². The van der Waals surface area contributed by atoms with Crippen LogP contribution in [-0.2, 0) is 7.05 Å². The van der Waals surface area contributed by atoms with Crippen LogP contribution in [0.25, 0.3) is 11.3 Å². The van der Waals surface area contributed by atoms with Gasteiger partial charge >= 0.3 is 0 Å². The molecule has 8 heteroatoms. The van der Waals surface area contributed by atoms with Gasteiger partial charge in [-0.15, -0.1) is 10.2 Å². The second-order valence-corrected chi connectivity index (χ2v) is 7.04. The Labute approximate surface area is 168 Å². The van der Waals surface area contributed by atoms with Gasteiger partial charge in [-0.1, -0.05) is 12.1 Å². The lowest BCUT2D eigenvalue weighted by Gasteiger charge is -2.27. The summed E-state index contributed by atoms with van der Waals surface area (Å²) in [6.45, 7) is 2.07. The number of anilines is 2. The first-order chi connectivity index (χ1) is 14.1. The van der Waals surface area contributed by atoms with Gasteiger partial charge in [0, 0.05) is 37.5 Å². The molecule has 0 unspecified atom stereocenters. The van der Waals surface area contributed by atoms with Gasteiger partial charge in [-0.25, -0.2) is 4.68 Å². The van der Waals surface area contributed by atoms with E-state index in [1.54, 1.807) is 12.1 Å². The van der Waals surface area contributed by atoms with Gasteiger partial charge in [0.05, 0.1) is 5.69 Å². The van der Waals surface area contributed by atoms with Crippen LogP contribution < -0.4 is 15.8 Å². The number of amides is 1. The molecule has 0 saturated carbocycles. The van der Waals surface area contributed by atoms with Crippen molar-refractivity contribution >= 4 is 17.4 Å². The third-order valence-corrected chi connectivity index (χ3v) is 4.96. The number of aryl methyl sites for hydroxylation is 1. The van der Waals surface area contributed by atoms with Crippen LogP contribution in [0.4, 0.5) is 11.5 Å². The highest BCUT2D eigenvalue weighted by atomic mass is 16.2. The van der Waals surface area contributed by atoms with Crippen LogP contribution in [0.5, 0.6) is 0 Å². The van der Waals surface area contributed by atoms with Crippen molar-refractivity contribution in [1.82, 2.24) is 20.0 Å². The Morgan fingerprint density at radius 2 is 1.69 bits per heavy atom. The molecule has 29 heavy (non-hydrogen) atoms. The first-order valence-corrected chi connectivity index (χ1v) is 9.65. The Kier molecular flexibility index (Phi) is 5.33. The highest BCUT2D eigenvalue weighted by molar-refractivity contribution is 6.02. The average molecular weight is 390 g/mol. The second kappa shape index (κ2) is 8.22. The van der Waals surface area contributed by atoms with Crippen molar-refractivity contribution in [2.24, 2.45) is 7.05 Å². The first-order valence-electron chi connectivity index (χ1n) is 9.65. The van der Waals surface area contributed by atoms with E-state index < -0.39 is 0 Å². The number of carbonyl (C=O) groups excluding carboxylic acids is 1. The number of carbonyl (C=O) groups is 1. The van der Waals surface area contributed by atoms with E-state index in [-0.39, 0.29) is 17.2 Å². The third kappa shape index (κ3) is 4.31. The van der Waals surface area contributed by atoms with Crippen LogP contribution in [0, 0.1) is 0 Å². The Morgan fingerprint density at radius 3 is 2.34 bits per heavy atom. The molecule has 0 aliphatic carbocycles. The van der Waals surface area contributed by atoms with Gasteiger partial charge in [0.2, 0.25) is 0 Å². The van der Waals surface area contributed by atoms with Crippen LogP contribution in [0.2, 0.25) is 0 Å². The zero-order valence-electron chi connectivity index (χ0n) is 16.2. The molecular formula is C21H22N6O2. The van der Waals surface area contributed by atoms with Crippen LogP contribution in [0.15, 0.2) is 53.3 Å². The zero-order chi connectivity index (χ0) is 20.2. The lowest BCUT2D eigenvalue weighted by molar-refractivity contribution is 0.102. The maximum absolute atomic E-state index is 12.3. The lowest BCUT2D eigenvalue weighted by Crippen LogP contribution is -2.30. The molecule has 1 fully saturated rings. The molecule has 3 heterocycles. The summed E-state index contributed by atoms with van der Waals surface area (Å²) in [6.07, 6.45) is 3.68. The number of hydrogen-bond acceptors (Lipinski definition) is 6. The van der Waals surface area contributed by atoms with E-state index in [2.05, 4.69) is 25.5 Å². The fourth-order valence-electron chi connectivity index (χ4n) is 3.31. The van der Waals surface area contributed by atoms with Gasteiger partial charge in [0.1, 0.15) is 5.69 Å². The number of nitrogens with one attached hydrogen (secondary N) is 1. The van der Waals surface area contributed by atoms with Gasteiger partial charge < -0.3 is 10.2 Å². The number of aromatic nitrogens is 4. The molecule has 1 saturated heterocycles. The van der Waals surface area contributed by atoms with E-state index in [9.17, 15) is 9.59 Å². The summed E-state index contributed by atoms with van der Waals surface area (Å²) < 4.78 is 1.13. The quantitative estimate of drug-likeness (QED) is 0.736. The van der Waals surface area contributed by atoms with Crippen LogP contribution in [0.3, 0.4) is 0 Å². The van der Waals surface area contributed by atoms with E-state index in [0.717, 1.165) is 34.8 Å². The summed E-state index contributed by atoms with van der Waals surface area (Å²) in [5.74, 6) is 0.543. The van der Waals surface area contributed by atoms with E-state index in [4.69, 9.17) is 0 Å². The lowest BCUT2D eigenvalue weighted by atomic mass is 10.1. The van der Waals surface area contributed by atoms with Crippen molar-refractivity contribution < 1.29 is 4.79 Å². The Bertz CT molecular complexity index is 1050. The minimum atomic E-state index is -0.376. The van der Waals surface area contributed by atoms with Crippen molar-refractivity contribution in [1.29, 1.82) is 0 Å². The Hall–Kier alpha value is -3.55. The Morgan fingerprint density at radius 1 is 0.931 bits per heavy atom. The molecule has 4 rings (SSSR count). The molecule has 0 atom stereocenters. The standard InChI is InChI=1S/C21H22N6O2/c1-26-20(28)12-10-18(25-26)21(29)22-16-7-5-15(6-8-16)17-9-11-19(24-23-17)27-13-3-2-4-14-27/h5-12H,2-4,13-14H2,1H3,(H,22,29). The fourth-order valence-corrected chi connectivity index (χ4v) is 3.31. The van der Waals surface area contributed by atoms with Crippen LogP contribution in [0.1, 0.15) is 29.8 Å². The van der Waals surface area contributed by atoms with Crippen molar-refractivity contribution in [3.8, 4) is 11.3 Å². The summed E-state index contributed by atoms with van der Waals surface area (Å²) in [4.78, 5) is 26.0. The summed E-state index contributed by atoms with van der Waals surface area (Å²) >= 11 is 0. The largest absolute Gasteiger partial charge is 0.355 e. The zero-order valence-corrected chi connectivity index (χ0v) is 16.2. The molecule has 0 spiro atoms. The molecule has 2 aromatic heterocycles. The maximum Gasteiger partial charge on any atom is 0.276 e.